The molecule has 0 bridgehead atoms. The molecule has 12 heavy (non-hydrogen) atoms. The smallest absolute Gasteiger partial charge is 0.0381 e. The highest BCUT2D eigenvalue weighted by Gasteiger charge is 1.96. The first-order valence-corrected chi connectivity index (χ1v) is 5.03. The number of hydrogen-bond donors (Lipinski definition) is 1. The minimum atomic E-state index is 1.04. The van der Waals surface area contributed by atoms with Crippen LogP contribution in [-0.2, 0) is 0 Å². The Morgan fingerprint density at radius 1 is 1.42 bits per heavy atom. The van der Waals surface area contributed by atoms with Crippen molar-refractivity contribution in [2.24, 2.45) is 0 Å². The number of benzene rings is 1. The summed E-state index contributed by atoms with van der Waals surface area (Å²) in [6.07, 6.45) is 1.16. The van der Waals surface area contributed by atoms with Crippen molar-refractivity contribution in [3.8, 4) is 0 Å². The maximum absolute atomic E-state index is 3.45. The topological polar surface area (TPSA) is 12.0 Å². The van der Waals surface area contributed by atoms with Crippen LogP contribution in [0.2, 0.25) is 0 Å². The van der Waals surface area contributed by atoms with Crippen molar-refractivity contribution < 1.29 is 0 Å². The first-order valence-electron chi connectivity index (χ1n) is 4.24. The summed E-state index contributed by atoms with van der Waals surface area (Å²) in [7, 11) is 0. The molecule has 66 valence electrons. The number of aryl methyl sites for hydroxylation is 1. The van der Waals surface area contributed by atoms with E-state index in [-0.39, 0.29) is 0 Å². The average molecular weight is 228 g/mol. The predicted molar refractivity (Wildman–Crippen MR) is 57.7 cm³/mol. The Kier molecular flexibility index (Phi) is 3.60. The van der Waals surface area contributed by atoms with Gasteiger partial charge < -0.3 is 5.32 Å². The van der Waals surface area contributed by atoms with Gasteiger partial charge in [0.05, 0.1) is 0 Å². The number of nitrogens with one attached hydrogen (secondary N) is 1. The highest BCUT2D eigenvalue weighted by atomic mass is 79.9. The van der Waals surface area contributed by atoms with Crippen molar-refractivity contribution in [2.45, 2.75) is 20.3 Å². The van der Waals surface area contributed by atoms with E-state index in [4.69, 9.17) is 0 Å². The van der Waals surface area contributed by atoms with Crippen LogP contribution in [0.15, 0.2) is 22.7 Å². The quantitative estimate of drug-likeness (QED) is 0.833. The van der Waals surface area contributed by atoms with Crippen molar-refractivity contribution in [1.29, 1.82) is 0 Å². The van der Waals surface area contributed by atoms with Crippen LogP contribution >= 0.6 is 15.9 Å². The second-order valence-corrected chi connectivity index (χ2v) is 3.80. The number of anilines is 1. The molecule has 0 aliphatic heterocycles. The van der Waals surface area contributed by atoms with Crippen LogP contribution in [0, 0.1) is 6.92 Å². The summed E-state index contributed by atoms with van der Waals surface area (Å²) < 4.78 is 1.13. The summed E-state index contributed by atoms with van der Waals surface area (Å²) in [5.41, 5.74) is 2.53. The van der Waals surface area contributed by atoms with E-state index in [9.17, 15) is 0 Å². The lowest BCUT2D eigenvalue weighted by Gasteiger charge is -2.08. The Morgan fingerprint density at radius 3 is 2.83 bits per heavy atom. The Hall–Kier alpha value is -0.500. The molecule has 0 fully saturated rings. The Balaban J connectivity index is 2.75. The first kappa shape index (κ1) is 9.59. The molecule has 1 rings (SSSR count). The van der Waals surface area contributed by atoms with E-state index in [2.05, 4.69) is 53.3 Å². The second kappa shape index (κ2) is 4.51. The normalized spacial score (nSPS) is 9.92. The van der Waals surface area contributed by atoms with Crippen molar-refractivity contribution >= 4 is 21.6 Å². The van der Waals surface area contributed by atoms with E-state index >= 15 is 0 Å². The molecule has 0 heterocycles. The summed E-state index contributed by atoms with van der Waals surface area (Å²) in [6.45, 7) is 5.32. The molecular formula is C10H14BrN. The second-order valence-electron chi connectivity index (χ2n) is 2.89. The van der Waals surface area contributed by atoms with Crippen LogP contribution in [0.25, 0.3) is 0 Å². The Morgan fingerprint density at radius 2 is 2.17 bits per heavy atom. The molecule has 2 heteroatoms. The van der Waals surface area contributed by atoms with E-state index in [1.807, 2.05) is 0 Å². The van der Waals surface area contributed by atoms with Crippen LogP contribution in [0.1, 0.15) is 18.9 Å². The molecule has 1 aromatic carbocycles. The molecular weight excluding hydrogens is 214 g/mol. The standard InChI is InChI=1S/C10H14BrN/c1-3-6-12-10-7-9(11)5-4-8(10)2/h4-5,7,12H,3,6H2,1-2H3. The summed E-state index contributed by atoms with van der Waals surface area (Å²) in [4.78, 5) is 0. The van der Waals surface area contributed by atoms with Gasteiger partial charge in [0, 0.05) is 16.7 Å². The maximum atomic E-state index is 3.45. The van der Waals surface area contributed by atoms with Gasteiger partial charge in [-0.2, -0.15) is 0 Å². The Labute approximate surface area is 82.3 Å². The van der Waals surface area contributed by atoms with Crippen LogP contribution in [0.3, 0.4) is 0 Å². The van der Waals surface area contributed by atoms with E-state index in [0.717, 1.165) is 17.4 Å². The van der Waals surface area contributed by atoms with Gasteiger partial charge in [0.2, 0.25) is 0 Å². The summed E-state index contributed by atoms with van der Waals surface area (Å²) >= 11 is 3.45. The largest absolute Gasteiger partial charge is 0.385 e. The lowest BCUT2D eigenvalue weighted by Crippen LogP contribution is -2.00. The van der Waals surface area contributed by atoms with Gasteiger partial charge in [-0.05, 0) is 31.0 Å². The van der Waals surface area contributed by atoms with Crippen molar-refractivity contribution in [3.05, 3.63) is 28.2 Å². The van der Waals surface area contributed by atoms with E-state index in [1.54, 1.807) is 0 Å². The molecule has 0 spiro atoms. The van der Waals surface area contributed by atoms with Crippen LogP contribution in [0.5, 0.6) is 0 Å². The van der Waals surface area contributed by atoms with Crippen molar-refractivity contribution in [3.63, 3.8) is 0 Å². The third-order valence-corrected chi connectivity index (χ3v) is 2.26. The van der Waals surface area contributed by atoms with E-state index < -0.39 is 0 Å². The van der Waals surface area contributed by atoms with Crippen LogP contribution < -0.4 is 5.32 Å². The fourth-order valence-electron chi connectivity index (χ4n) is 1.04. The monoisotopic (exact) mass is 227 g/mol. The van der Waals surface area contributed by atoms with Gasteiger partial charge >= 0.3 is 0 Å². The predicted octanol–water partition coefficient (Wildman–Crippen LogP) is 3.58. The van der Waals surface area contributed by atoms with Crippen molar-refractivity contribution in [2.75, 3.05) is 11.9 Å². The third kappa shape index (κ3) is 2.52. The minimum absolute atomic E-state index is 1.04. The SMILES string of the molecule is CCCNc1cc(Br)ccc1C. The third-order valence-electron chi connectivity index (χ3n) is 1.77. The van der Waals surface area contributed by atoms with Gasteiger partial charge in [-0.1, -0.05) is 28.9 Å². The molecule has 0 aliphatic carbocycles. The fraction of sp³-hybridized carbons (Fsp3) is 0.400. The molecule has 0 radical (unpaired) electrons. The summed E-state index contributed by atoms with van der Waals surface area (Å²) in [5.74, 6) is 0. The first-order chi connectivity index (χ1) is 5.74. The zero-order valence-corrected chi connectivity index (χ0v) is 9.11. The van der Waals surface area contributed by atoms with Crippen LogP contribution in [-0.4, -0.2) is 6.54 Å². The number of halogens is 1. The van der Waals surface area contributed by atoms with Gasteiger partial charge in [-0.15, -0.1) is 0 Å². The molecule has 0 amide bonds. The molecule has 0 unspecified atom stereocenters. The lowest BCUT2D eigenvalue weighted by molar-refractivity contribution is 0.977. The highest BCUT2D eigenvalue weighted by molar-refractivity contribution is 9.10. The molecule has 1 N–H and O–H groups in total. The van der Waals surface area contributed by atoms with Gasteiger partial charge in [0.25, 0.3) is 0 Å². The maximum Gasteiger partial charge on any atom is 0.0381 e. The minimum Gasteiger partial charge on any atom is -0.385 e. The zero-order valence-electron chi connectivity index (χ0n) is 7.52. The molecule has 1 nitrogen and oxygen atoms in total. The summed E-state index contributed by atoms with van der Waals surface area (Å²) in [5, 5.41) is 3.37. The lowest BCUT2D eigenvalue weighted by atomic mass is 10.2. The van der Waals surface area contributed by atoms with Gasteiger partial charge in [-0.25, -0.2) is 0 Å². The Bertz CT molecular complexity index is 258. The fourth-order valence-corrected chi connectivity index (χ4v) is 1.41. The van der Waals surface area contributed by atoms with Gasteiger partial charge in [0.15, 0.2) is 0 Å². The molecule has 0 saturated carbocycles. The molecule has 0 aromatic heterocycles. The number of rotatable bonds is 3. The molecule has 1 aromatic rings. The van der Waals surface area contributed by atoms with Crippen molar-refractivity contribution in [1.82, 2.24) is 0 Å². The van der Waals surface area contributed by atoms with Crippen LogP contribution in [0.4, 0.5) is 5.69 Å². The number of hydrogen-bond acceptors (Lipinski definition) is 1. The van der Waals surface area contributed by atoms with E-state index in [1.165, 1.54) is 11.3 Å². The molecule has 0 aliphatic rings. The van der Waals surface area contributed by atoms with E-state index in [0.29, 0.717) is 0 Å². The zero-order chi connectivity index (χ0) is 8.97. The highest BCUT2D eigenvalue weighted by Crippen LogP contribution is 2.20. The molecule has 0 saturated heterocycles. The van der Waals surface area contributed by atoms with Gasteiger partial charge in [-0.3, -0.25) is 0 Å². The summed E-state index contributed by atoms with van der Waals surface area (Å²) in [6, 6.07) is 6.29. The average Bonchev–Trinajstić information content (AvgIpc) is 2.07. The molecule has 0 atom stereocenters. The van der Waals surface area contributed by atoms with Gasteiger partial charge in [0.1, 0.15) is 0 Å².